The van der Waals surface area contributed by atoms with Gasteiger partial charge in [-0.1, -0.05) is 0 Å². The molecule has 3 fully saturated rings. The van der Waals surface area contributed by atoms with E-state index in [2.05, 4.69) is 0 Å². The van der Waals surface area contributed by atoms with Crippen molar-refractivity contribution in [3.05, 3.63) is 0 Å². The third-order valence-electron chi connectivity index (χ3n) is 7.59. The Kier molecular flexibility index (Phi) is 15.4. The van der Waals surface area contributed by atoms with Crippen molar-refractivity contribution in [3.8, 4) is 0 Å². The van der Waals surface area contributed by atoms with E-state index in [0.29, 0.717) is 19.3 Å². The summed E-state index contributed by atoms with van der Waals surface area (Å²) in [4.78, 5) is 9.12. The highest BCUT2D eigenvalue weighted by Crippen LogP contribution is 2.36. The zero-order chi connectivity index (χ0) is 33.5. The normalized spacial score (nSPS) is 44.0. The summed E-state index contributed by atoms with van der Waals surface area (Å²) in [5.74, 6) is 0. The Labute approximate surface area is 259 Å². The topological polar surface area (TPSA) is 293 Å². The van der Waals surface area contributed by atoms with Crippen LogP contribution in [0.4, 0.5) is 0 Å². The Bertz CT molecular complexity index is 912. The second-order valence-corrected chi connectivity index (χ2v) is 13.1. The van der Waals surface area contributed by atoms with Gasteiger partial charge >= 0.3 is 7.60 Å². The summed E-state index contributed by atoms with van der Waals surface area (Å²) in [6.07, 6.45) is -21.7. The molecule has 45 heavy (non-hydrogen) atoms. The molecule has 0 amide bonds. The Morgan fingerprint density at radius 2 is 0.911 bits per heavy atom. The molecule has 0 bridgehead atoms. The smallest absolute Gasteiger partial charge is 0.325 e. The van der Waals surface area contributed by atoms with Gasteiger partial charge in [0.1, 0.15) is 73.2 Å². The van der Waals surface area contributed by atoms with E-state index in [1.807, 2.05) is 0 Å². The van der Waals surface area contributed by atoms with E-state index in [4.69, 9.17) is 42.6 Å². The Hall–Kier alpha value is -0.490. The predicted octanol–water partition coefficient (Wildman–Crippen LogP) is -4.89. The highest BCUT2D eigenvalue weighted by Gasteiger charge is 2.49. The van der Waals surface area contributed by atoms with E-state index in [0.717, 1.165) is 6.66 Å². The highest BCUT2D eigenvalue weighted by atomic mass is 31.2. The van der Waals surface area contributed by atoms with E-state index in [1.54, 1.807) is 0 Å². The van der Waals surface area contributed by atoms with Gasteiger partial charge in [0.15, 0.2) is 18.9 Å². The minimum absolute atomic E-state index is 0.0683. The summed E-state index contributed by atoms with van der Waals surface area (Å²) < 4.78 is 53.9. The molecule has 266 valence electrons. The van der Waals surface area contributed by atoms with Crippen molar-refractivity contribution < 1.29 is 93.1 Å². The van der Waals surface area contributed by atoms with Gasteiger partial charge in [0.05, 0.1) is 26.4 Å². The van der Waals surface area contributed by atoms with Gasteiger partial charge in [0.25, 0.3) is 0 Å². The van der Waals surface area contributed by atoms with Crippen LogP contribution in [0, 0.1) is 0 Å². The third-order valence-corrected chi connectivity index (χ3v) is 8.25. The lowest BCUT2D eigenvalue weighted by molar-refractivity contribution is -0.342. The molecule has 0 aromatic heterocycles. The van der Waals surface area contributed by atoms with E-state index in [1.165, 1.54) is 7.11 Å². The summed E-state index contributed by atoms with van der Waals surface area (Å²) in [5.41, 5.74) is 0. The van der Waals surface area contributed by atoms with Crippen LogP contribution in [0.25, 0.3) is 0 Å². The van der Waals surface area contributed by atoms with Crippen LogP contribution >= 0.6 is 7.60 Å². The van der Waals surface area contributed by atoms with Crippen LogP contribution < -0.4 is 0 Å². The Morgan fingerprint density at radius 3 is 1.31 bits per heavy atom. The lowest BCUT2D eigenvalue weighted by atomic mass is 9.98. The summed E-state index contributed by atoms with van der Waals surface area (Å²) >= 11 is 0. The first-order valence-electron chi connectivity index (χ1n) is 14.5. The summed E-state index contributed by atoms with van der Waals surface area (Å²) in [6, 6.07) is 0. The predicted molar refractivity (Wildman–Crippen MR) is 145 cm³/mol. The maximum atomic E-state index is 11.1. The second-order valence-electron chi connectivity index (χ2n) is 11.2. The molecule has 3 aliphatic rings. The van der Waals surface area contributed by atoms with E-state index < -0.39 is 113 Å². The van der Waals surface area contributed by atoms with E-state index in [9.17, 15) is 50.5 Å². The average molecular weight is 683 g/mol. The number of aliphatic hydroxyl groups is 9. The van der Waals surface area contributed by atoms with E-state index in [-0.39, 0.29) is 19.8 Å². The zero-order valence-electron chi connectivity index (χ0n) is 24.9. The molecule has 3 aliphatic heterocycles. The molecule has 10 N–H and O–H groups in total. The Balaban J connectivity index is 1.51. The maximum absolute atomic E-state index is 11.1. The van der Waals surface area contributed by atoms with E-state index >= 15 is 0 Å². The third kappa shape index (κ3) is 10.8. The molecule has 0 aromatic carbocycles. The molecule has 20 heteroatoms. The number of ether oxygens (including phenoxy) is 7. The van der Waals surface area contributed by atoms with Crippen molar-refractivity contribution in [2.45, 2.75) is 111 Å². The fourth-order valence-electron chi connectivity index (χ4n) is 4.93. The number of rotatable bonds is 16. The summed E-state index contributed by atoms with van der Waals surface area (Å²) in [6.45, 7) is 0.0114. The van der Waals surface area contributed by atoms with Crippen molar-refractivity contribution in [3.63, 3.8) is 0 Å². The molecular weight excluding hydrogens is 635 g/mol. The molecule has 0 aromatic rings. The zero-order valence-corrected chi connectivity index (χ0v) is 25.8. The summed E-state index contributed by atoms with van der Waals surface area (Å²) in [5, 5.41) is 92.7. The van der Waals surface area contributed by atoms with Gasteiger partial charge in [0.2, 0.25) is 0 Å². The molecule has 16 unspecified atom stereocenters. The van der Waals surface area contributed by atoms with Crippen molar-refractivity contribution in [2.24, 2.45) is 0 Å². The first-order chi connectivity index (χ1) is 21.2. The first-order valence-corrected chi connectivity index (χ1v) is 16.6. The van der Waals surface area contributed by atoms with Crippen LogP contribution in [-0.4, -0.2) is 190 Å². The molecule has 0 spiro atoms. The van der Waals surface area contributed by atoms with Crippen molar-refractivity contribution in [1.82, 2.24) is 0 Å². The first kappa shape index (κ1) is 39.0. The maximum Gasteiger partial charge on any atom is 0.325 e. The standard InChI is InChI=1S/C25H47O19P/c1-37-8-11-14(26)17(29)21(33)24(42-11)39-10-13-16(28)19(31)22(34)25(44-13)40-9-12-15(27)18(30)20(32)23(43-12)38-6-4-3-5-7-41-45(2,35)36/h11-34H,3-10H2,1-2H3,(H,35,36). The van der Waals surface area contributed by atoms with Crippen LogP contribution in [0.5, 0.6) is 0 Å². The van der Waals surface area contributed by atoms with Crippen LogP contribution in [0.15, 0.2) is 0 Å². The number of hydrogen-bond donors (Lipinski definition) is 10. The van der Waals surface area contributed by atoms with Gasteiger partial charge < -0.3 is 88.5 Å². The highest BCUT2D eigenvalue weighted by molar-refractivity contribution is 7.51. The monoisotopic (exact) mass is 682 g/mol. The Morgan fingerprint density at radius 1 is 0.533 bits per heavy atom. The molecule has 0 aliphatic carbocycles. The molecule has 0 saturated carbocycles. The van der Waals surface area contributed by atoms with Gasteiger partial charge in [-0.25, -0.2) is 0 Å². The molecule has 16 atom stereocenters. The van der Waals surface area contributed by atoms with Crippen LogP contribution in [0.3, 0.4) is 0 Å². The van der Waals surface area contributed by atoms with Gasteiger partial charge in [-0.2, -0.15) is 0 Å². The molecule has 3 rings (SSSR count). The van der Waals surface area contributed by atoms with Crippen molar-refractivity contribution in [1.29, 1.82) is 0 Å². The lowest BCUT2D eigenvalue weighted by Crippen LogP contribution is -2.62. The minimum Gasteiger partial charge on any atom is -0.387 e. The molecular formula is C25H47O19P. The quantitative estimate of drug-likeness (QED) is 0.0539. The number of hydrogen-bond acceptors (Lipinski definition) is 18. The number of methoxy groups -OCH3 is 1. The van der Waals surface area contributed by atoms with Crippen LogP contribution in [-0.2, 0) is 42.2 Å². The fourth-order valence-corrected chi connectivity index (χ4v) is 5.40. The van der Waals surface area contributed by atoms with Crippen molar-refractivity contribution >= 4 is 7.60 Å². The minimum atomic E-state index is -3.56. The van der Waals surface area contributed by atoms with Gasteiger partial charge in [0, 0.05) is 20.4 Å². The van der Waals surface area contributed by atoms with Gasteiger partial charge in [-0.05, 0) is 19.3 Å². The second kappa shape index (κ2) is 17.8. The molecule has 0 radical (unpaired) electrons. The van der Waals surface area contributed by atoms with Gasteiger partial charge in [-0.15, -0.1) is 0 Å². The average Bonchev–Trinajstić information content (AvgIpc) is 2.99. The summed E-state index contributed by atoms with van der Waals surface area (Å²) in [7, 11) is -2.22. The van der Waals surface area contributed by atoms with Gasteiger partial charge in [-0.3, -0.25) is 4.57 Å². The molecule has 3 saturated heterocycles. The van der Waals surface area contributed by atoms with Crippen molar-refractivity contribution in [2.75, 3.05) is 46.8 Å². The fraction of sp³-hybridized carbons (Fsp3) is 1.00. The van der Waals surface area contributed by atoms with Crippen LogP contribution in [0.1, 0.15) is 19.3 Å². The SMILES string of the molecule is COCC1OC(OCC2OC(OCC3OC(OCCCCCOP(C)(=O)O)C(O)C(O)C3O)C(O)C(O)C2O)C(O)C(O)C1O. The van der Waals surface area contributed by atoms with Crippen LogP contribution in [0.2, 0.25) is 0 Å². The number of aliphatic hydroxyl groups excluding tert-OH is 9. The molecule has 19 nitrogen and oxygen atoms in total. The number of unbranched alkanes of at least 4 members (excludes halogenated alkanes) is 2. The lowest BCUT2D eigenvalue weighted by Gasteiger charge is -2.44. The largest absolute Gasteiger partial charge is 0.387 e. The molecule has 3 heterocycles.